The number of imidazole rings is 1. The average Bonchev–Trinajstić information content (AvgIpc) is 3.25. The van der Waals surface area contributed by atoms with Crippen LogP contribution in [0.2, 0.25) is 0 Å². The number of rotatable bonds is 5. The Morgan fingerprint density at radius 2 is 2.04 bits per heavy atom. The van der Waals surface area contributed by atoms with Gasteiger partial charge in [-0.25, -0.2) is 9.78 Å². The molecule has 3 rings (SSSR count). The number of H-pyrrole nitrogens is 1. The van der Waals surface area contributed by atoms with Gasteiger partial charge in [0.25, 0.3) is 0 Å². The molecule has 0 saturated carbocycles. The van der Waals surface area contributed by atoms with E-state index in [4.69, 9.17) is 0 Å². The smallest absolute Gasteiger partial charge is 0.322 e. The number of aromatic nitrogens is 4. The highest BCUT2D eigenvalue weighted by Crippen LogP contribution is 2.17. The summed E-state index contributed by atoms with van der Waals surface area (Å²) in [6.07, 6.45) is 5.24. The molecule has 7 heteroatoms. The van der Waals surface area contributed by atoms with Crippen molar-refractivity contribution in [1.29, 1.82) is 0 Å². The number of benzene rings is 1. The predicted molar refractivity (Wildman–Crippen MR) is 97.1 cm³/mol. The van der Waals surface area contributed by atoms with E-state index in [1.165, 1.54) is 0 Å². The van der Waals surface area contributed by atoms with Gasteiger partial charge in [-0.05, 0) is 19.4 Å². The molecule has 0 fully saturated rings. The van der Waals surface area contributed by atoms with Gasteiger partial charge in [-0.3, -0.25) is 4.68 Å². The summed E-state index contributed by atoms with van der Waals surface area (Å²) in [7, 11) is 1.73. The molecular weight excluding hydrogens is 316 g/mol. The van der Waals surface area contributed by atoms with Gasteiger partial charge in [0.05, 0.1) is 30.3 Å². The van der Waals surface area contributed by atoms with Crippen LogP contribution in [0.3, 0.4) is 0 Å². The normalized spacial score (nSPS) is 10.9. The third kappa shape index (κ3) is 4.06. The van der Waals surface area contributed by atoms with Crippen molar-refractivity contribution in [3.8, 4) is 11.3 Å². The van der Waals surface area contributed by atoms with Crippen molar-refractivity contribution in [2.75, 3.05) is 12.4 Å². The molecule has 2 amide bonds. The van der Waals surface area contributed by atoms with Crippen LogP contribution < -0.4 is 5.32 Å². The third-order valence-electron chi connectivity index (χ3n) is 3.83. The molecule has 1 aromatic carbocycles. The van der Waals surface area contributed by atoms with Crippen LogP contribution in [0.5, 0.6) is 0 Å². The highest BCUT2D eigenvalue weighted by atomic mass is 16.2. The largest absolute Gasteiger partial charge is 0.341 e. The fourth-order valence-corrected chi connectivity index (χ4v) is 2.41. The van der Waals surface area contributed by atoms with Crippen LogP contribution in [0.15, 0.2) is 48.9 Å². The van der Waals surface area contributed by atoms with Crippen LogP contribution >= 0.6 is 0 Å². The van der Waals surface area contributed by atoms with E-state index in [-0.39, 0.29) is 12.1 Å². The van der Waals surface area contributed by atoms with Crippen LogP contribution in [-0.4, -0.2) is 37.7 Å². The van der Waals surface area contributed by atoms with Crippen LogP contribution in [0, 0.1) is 0 Å². The van der Waals surface area contributed by atoms with Crippen LogP contribution in [0.25, 0.3) is 11.3 Å². The maximum atomic E-state index is 12.3. The summed E-state index contributed by atoms with van der Waals surface area (Å²) in [5, 5.41) is 7.05. The zero-order valence-corrected chi connectivity index (χ0v) is 14.6. The molecule has 130 valence electrons. The first-order chi connectivity index (χ1) is 12.0. The molecule has 2 heterocycles. The number of aromatic amines is 1. The van der Waals surface area contributed by atoms with Crippen LogP contribution in [0.1, 0.15) is 25.7 Å². The quantitative estimate of drug-likeness (QED) is 0.747. The molecule has 25 heavy (non-hydrogen) atoms. The first-order valence-electron chi connectivity index (χ1n) is 8.18. The summed E-state index contributed by atoms with van der Waals surface area (Å²) >= 11 is 0. The predicted octanol–water partition coefficient (Wildman–Crippen LogP) is 3.52. The molecule has 0 unspecified atom stereocenters. The molecule has 0 bridgehead atoms. The molecule has 3 aromatic rings. The second kappa shape index (κ2) is 7.21. The van der Waals surface area contributed by atoms with Gasteiger partial charge in [-0.15, -0.1) is 0 Å². The van der Waals surface area contributed by atoms with Gasteiger partial charge >= 0.3 is 6.03 Å². The minimum atomic E-state index is -0.207. The molecule has 2 aromatic heterocycles. The highest BCUT2D eigenvalue weighted by molar-refractivity contribution is 5.88. The summed E-state index contributed by atoms with van der Waals surface area (Å²) in [4.78, 5) is 21.5. The first kappa shape index (κ1) is 16.8. The van der Waals surface area contributed by atoms with Gasteiger partial charge < -0.3 is 15.2 Å². The second-order valence-corrected chi connectivity index (χ2v) is 6.20. The van der Waals surface area contributed by atoms with E-state index in [0.717, 1.165) is 17.1 Å². The molecule has 0 spiro atoms. The molecule has 2 N–H and O–H groups in total. The number of anilines is 1. The van der Waals surface area contributed by atoms with E-state index in [0.29, 0.717) is 12.2 Å². The standard InChI is InChI=1S/C18H22N6O/c1-13(2)24-11-15(9-20-24)21-18(25)23(3)12-17-19-10-16(22-17)14-7-5-4-6-8-14/h4-11,13H,12H2,1-3H3,(H,19,22)(H,21,25). The summed E-state index contributed by atoms with van der Waals surface area (Å²) in [5.74, 6) is 0.731. The van der Waals surface area contributed by atoms with Crippen molar-refractivity contribution in [2.45, 2.75) is 26.4 Å². The Kier molecular flexibility index (Phi) is 4.83. The Morgan fingerprint density at radius 3 is 2.72 bits per heavy atom. The van der Waals surface area contributed by atoms with E-state index in [9.17, 15) is 4.79 Å². The third-order valence-corrected chi connectivity index (χ3v) is 3.83. The van der Waals surface area contributed by atoms with E-state index < -0.39 is 0 Å². The molecule has 0 aliphatic heterocycles. The minimum absolute atomic E-state index is 0.207. The first-order valence-corrected chi connectivity index (χ1v) is 8.18. The minimum Gasteiger partial charge on any atom is -0.341 e. The summed E-state index contributed by atoms with van der Waals surface area (Å²) in [6, 6.07) is 10.0. The van der Waals surface area contributed by atoms with Crippen molar-refractivity contribution in [3.05, 3.63) is 54.7 Å². The molecule has 0 aliphatic carbocycles. The molecule has 7 nitrogen and oxygen atoms in total. The number of urea groups is 1. The maximum Gasteiger partial charge on any atom is 0.322 e. The monoisotopic (exact) mass is 338 g/mol. The number of carbonyl (C=O) groups excluding carboxylic acids is 1. The Labute approximate surface area is 146 Å². The van der Waals surface area contributed by atoms with Gasteiger partial charge in [0.2, 0.25) is 0 Å². The number of nitrogens with one attached hydrogen (secondary N) is 2. The Morgan fingerprint density at radius 1 is 1.28 bits per heavy atom. The van der Waals surface area contributed by atoms with Gasteiger partial charge in [0.15, 0.2) is 0 Å². The van der Waals surface area contributed by atoms with Gasteiger partial charge in [0.1, 0.15) is 5.82 Å². The lowest BCUT2D eigenvalue weighted by Crippen LogP contribution is -2.31. The van der Waals surface area contributed by atoms with E-state index in [2.05, 4.69) is 20.4 Å². The Hall–Kier alpha value is -3.09. The fraction of sp³-hybridized carbons (Fsp3) is 0.278. The van der Waals surface area contributed by atoms with E-state index in [1.807, 2.05) is 50.4 Å². The number of nitrogens with zero attached hydrogens (tertiary/aromatic N) is 4. The zero-order chi connectivity index (χ0) is 17.8. The lowest BCUT2D eigenvalue weighted by Gasteiger charge is -2.15. The lowest BCUT2D eigenvalue weighted by molar-refractivity contribution is 0.219. The van der Waals surface area contributed by atoms with E-state index >= 15 is 0 Å². The van der Waals surface area contributed by atoms with Crippen molar-refractivity contribution in [1.82, 2.24) is 24.6 Å². The van der Waals surface area contributed by atoms with Crippen molar-refractivity contribution in [2.24, 2.45) is 0 Å². The number of amides is 2. The number of hydrogen-bond acceptors (Lipinski definition) is 3. The van der Waals surface area contributed by atoms with Crippen molar-refractivity contribution < 1.29 is 4.79 Å². The van der Waals surface area contributed by atoms with Crippen LogP contribution in [0.4, 0.5) is 10.5 Å². The molecule has 0 saturated heterocycles. The SMILES string of the molecule is CC(C)n1cc(NC(=O)N(C)Cc2ncc(-c3ccccc3)[nH]2)cn1. The lowest BCUT2D eigenvalue weighted by atomic mass is 10.2. The molecule has 0 aliphatic rings. The Bertz CT molecular complexity index is 836. The van der Waals surface area contributed by atoms with Gasteiger partial charge in [0, 0.05) is 19.3 Å². The number of hydrogen-bond donors (Lipinski definition) is 2. The topological polar surface area (TPSA) is 78.8 Å². The van der Waals surface area contributed by atoms with Crippen molar-refractivity contribution >= 4 is 11.7 Å². The maximum absolute atomic E-state index is 12.3. The average molecular weight is 338 g/mol. The van der Waals surface area contributed by atoms with Crippen LogP contribution in [-0.2, 0) is 6.54 Å². The summed E-state index contributed by atoms with van der Waals surface area (Å²) in [6.45, 7) is 4.45. The molecule has 0 radical (unpaired) electrons. The van der Waals surface area contributed by atoms with Gasteiger partial charge in [-0.1, -0.05) is 30.3 Å². The highest BCUT2D eigenvalue weighted by Gasteiger charge is 2.13. The Balaban J connectivity index is 1.60. The summed E-state index contributed by atoms with van der Waals surface area (Å²) in [5.41, 5.74) is 2.67. The molecule has 0 atom stereocenters. The number of carbonyl (C=O) groups is 1. The zero-order valence-electron chi connectivity index (χ0n) is 14.6. The van der Waals surface area contributed by atoms with E-state index in [1.54, 1.807) is 29.0 Å². The fourth-order valence-electron chi connectivity index (χ4n) is 2.41. The summed E-state index contributed by atoms with van der Waals surface area (Å²) < 4.78 is 1.80. The van der Waals surface area contributed by atoms with Gasteiger partial charge in [-0.2, -0.15) is 5.10 Å². The molecular formula is C18H22N6O. The van der Waals surface area contributed by atoms with Crippen molar-refractivity contribution in [3.63, 3.8) is 0 Å². The second-order valence-electron chi connectivity index (χ2n) is 6.20.